The molecule has 1 saturated heterocycles. The number of fused-ring (bicyclic) bond motifs is 1. The highest BCUT2D eigenvalue weighted by molar-refractivity contribution is 6.00. The van der Waals surface area contributed by atoms with Crippen LogP contribution in [0.1, 0.15) is 52.8 Å². The molecule has 0 N–H and O–H groups in total. The number of benzene rings is 1. The topological polar surface area (TPSA) is 76.5 Å². The molecule has 31 heavy (non-hydrogen) atoms. The van der Waals surface area contributed by atoms with Crippen LogP contribution in [0.4, 0.5) is 8.78 Å². The number of aryl methyl sites for hydroxylation is 1. The molecule has 1 aliphatic rings. The van der Waals surface area contributed by atoms with Gasteiger partial charge in [0.1, 0.15) is 22.7 Å². The fourth-order valence-corrected chi connectivity index (χ4v) is 4.06. The van der Waals surface area contributed by atoms with Crippen LogP contribution in [0.25, 0.3) is 16.9 Å². The van der Waals surface area contributed by atoms with Crippen molar-refractivity contribution in [3.05, 3.63) is 71.4 Å². The largest absolute Gasteiger partial charge is 0.361 e. The fraction of sp³-hybridized carbons (Fsp3) is 0.273. The second kappa shape index (κ2) is 7.57. The van der Waals surface area contributed by atoms with Crippen LogP contribution < -0.4 is 0 Å². The van der Waals surface area contributed by atoms with Gasteiger partial charge >= 0.3 is 0 Å². The van der Waals surface area contributed by atoms with Crippen molar-refractivity contribution in [2.45, 2.75) is 32.2 Å². The molecule has 4 aromatic rings. The first-order chi connectivity index (χ1) is 15.0. The second-order valence-corrected chi connectivity index (χ2v) is 7.55. The summed E-state index contributed by atoms with van der Waals surface area (Å²) in [5.74, 6) is 0.358. The summed E-state index contributed by atoms with van der Waals surface area (Å²) >= 11 is 0. The van der Waals surface area contributed by atoms with Gasteiger partial charge in [0, 0.05) is 18.2 Å². The maximum absolute atomic E-state index is 13.8. The standard InChI is InChI=1S/C22H19F2N5O2/c1-13-10-17(27-31-13)18-8-5-9-28(18)22(30)15-12-25-29-19(20(23)24)11-16(26-21(15)29)14-6-3-2-4-7-14/h2-4,6-7,10-12,18,20H,5,8-9H2,1H3/t18-/m1/s1. The van der Waals surface area contributed by atoms with Crippen molar-refractivity contribution in [1.29, 1.82) is 0 Å². The zero-order chi connectivity index (χ0) is 21.5. The highest BCUT2D eigenvalue weighted by Crippen LogP contribution is 2.34. The molecule has 1 aromatic carbocycles. The summed E-state index contributed by atoms with van der Waals surface area (Å²) in [4.78, 5) is 19.6. The highest BCUT2D eigenvalue weighted by Gasteiger charge is 2.34. The summed E-state index contributed by atoms with van der Waals surface area (Å²) < 4.78 is 33.8. The molecule has 3 aromatic heterocycles. The van der Waals surface area contributed by atoms with Gasteiger partial charge in [-0.1, -0.05) is 35.5 Å². The fourth-order valence-electron chi connectivity index (χ4n) is 4.06. The Hall–Kier alpha value is -3.62. The number of alkyl halides is 2. The first-order valence-electron chi connectivity index (χ1n) is 9.99. The van der Waals surface area contributed by atoms with Crippen molar-refractivity contribution in [3.63, 3.8) is 0 Å². The van der Waals surface area contributed by atoms with Crippen LogP contribution in [-0.2, 0) is 0 Å². The first-order valence-corrected chi connectivity index (χ1v) is 9.99. The molecule has 1 aliphatic heterocycles. The van der Waals surface area contributed by atoms with E-state index >= 15 is 0 Å². The van der Waals surface area contributed by atoms with E-state index in [2.05, 4.69) is 15.2 Å². The number of likely N-dealkylation sites (tertiary alicyclic amines) is 1. The van der Waals surface area contributed by atoms with E-state index in [0.29, 0.717) is 29.3 Å². The van der Waals surface area contributed by atoms with Crippen LogP contribution in [0.2, 0.25) is 0 Å². The van der Waals surface area contributed by atoms with E-state index in [9.17, 15) is 13.6 Å². The monoisotopic (exact) mass is 423 g/mol. The molecular formula is C22H19F2N5O2. The Morgan fingerprint density at radius 1 is 1.23 bits per heavy atom. The van der Waals surface area contributed by atoms with Crippen molar-refractivity contribution in [2.24, 2.45) is 0 Å². The molecule has 5 rings (SSSR count). The van der Waals surface area contributed by atoms with E-state index in [1.165, 1.54) is 12.3 Å². The quantitative estimate of drug-likeness (QED) is 0.479. The molecule has 0 saturated carbocycles. The third-order valence-corrected chi connectivity index (χ3v) is 5.52. The van der Waals surface area contributed by atoms with Gasteiger partial charge in [-0.3, -0.25) is 4.79 Å². The Kier molecular flexibility index (Phi) is 4.72. The van der Waals surface area contributed by atoms with Gasteiger partial charge in [0.25, 0.3) is 12.3 Å². The lowest BCUT2D eigenvalue weighted by Gasteiger charge is -2.22. The van der Waals surface area contributed by atoms with E-state index in [4.69, 9.17) is 4.52 Å². The molecule has 0 unspecified atom stereocenters. The third-order valence-electron chi connectivity index (χ3n) is 5.52. The lowest BCUT2D eigenvalue weighted by Crippen LogP contribution is -2.30. The molecule has 0 spiro atoms. The van der Waals surface area contributed by atoms with Crippen LogP contribution in [-0.4, -0.2) is 37.1 Å². The van der Waals surface area contributed by atoms with E-state index < -0.39 is 6.43 Å². The van der Waals surface area contributed by atoms with Crippen molar-refractivity contribution >= 4 is 11.6 Å². The molecule has 9 heteroatoms. The smallest absolute Gasteiger partial charge is 0.280 e. The van der Waals surface area contributed by atoms with E-state index in [1.807, 2.05) is 12.1 Å². The number of nitrogens with zero attached hydrogens (tertiary/aromatic N) is 5. The molecule has 7 nitrogen and oxygen atoms in total. The van der Waals surface area contributed by atoms with Crippen molar-refractivity contribution in [2.75, 3.05) is 6.54 Å². The Labute approximate surface area is 176 Å². The number of hydrogen-bond donors (Lipinski definition) is 0. The second-order valence-electron chi connectivity index (χ2n) is 7.55. The zero-order valence-corrected chi connectivity index (χ0v) is 16.7. The number of amides is 1. The number of rotatable bonds is 4. The van der Waals surface area contributed by atoms with Crippen molar-refractivity contribution < 1.29 is 18.1 Å². The van der Waals surface area contributed by atoms with Gasteiger partial charge in [0.05, 0.1) is 17.9 Å². The van der Waals surface area contributed by atoms with E-state index in [1.54, 1.807) is 36.1 Å². The number of halogens is 2. The van der Waals surface area contributed by atoms with Crippen LogP contribution in [0.15, 0.2) is 53.2 Å². The molecule has 158 valence electrons. The minimum Gasteiger partial charge on any atom is -0.361 e. The Bertz CT molecular complexity index is 1250. The van der Waals surface area contributed by atoms with Crippen LogP contribution in [0.5, 0.6) is 0 Å². The Morgan fingerprint density at radius 2 is 2.03 bits per heavy atom. The lowest BCUT2D eigenvalue weighted by molar-refractivity contribution is 0.0732. The van der Waals surface area contributed by atoms with Gasteiger partial charge in [0.15, 0.2) is 5.65 Å². The van der Waals surface area contributed by atoms with Crippen molar-refractivity contribution in [3.8, 4) is 11.3 Å². The van der Waals surface area contributed by atoms with Gasteiger partial charge < -0.3 is 9.42 Å². The summed E-state index contributed by atoms with van der Waals surface area (Å²) in [6, 6.07) is 11.9. The van der Waals surface area contributed by atoms with Gasteiger partial charge in [-0.2, -0.15) is 5.10 Å². The predicted octanol–water partition coefficient (Wildman–Crippen LogP) is 4.61. The average Bonchev–Trinajstić information content (AvgIpc) is 3.52. The normalized spacial score (nSPS) is 16.5. The predicted molar refractivity (Wildman–Crippen MR) is 108 cm³/mol. The molecule has 1 atom stereocenters. The summed E-state index contributed by atoms with van der Waals surface area (Å²) in [7, 11) is 0. The molecule has 0 aliphatic carbocycles. The summed E-state index contributed by atoms with van der Waals surface area (Å²) in [6.45, 7) is 2.33. The van der Waals surface area contributed by atoms with E-state index in [-0.39, 0.29) is 28.9 Å². The third kappa shape index (κ3) is 3.35. The highest BCUT2D eigenvalue weighted by atomic mass is 19.3. The Morgan fingerprint density at radius 3 is 2.74 bits per heavy atom. The SMILES string of the molecule is Cc1cc([C@H]2CCCN2C(=O)c2cnn3c(C(F)F)cc(-c4ccccc4)nc23)no1. The lowest BCUT2D eigenvalue weighted by atomic mass is 10.1. The number of carbonyl (C=O) groups excluding carboxylic acids is 1. The molecular weight excluding hydrogens is 404 g/mol. The maximum atomic E-state index is 13.8. The number of hydrogen-bond acceptors (Lipinski definition) is 5. The molecule has 4 heterocycles. The summed E-state index contributed by atoms with van der Waals surface area (Å²) in [5.41, 5.74) is 1.72. The maximum Gasteiger partial charge on any atom is 0.280 e. The molecule has 1 amide bonds. The van der Waals surface area contributed by atoms with Gasteiger partial charge in [-0.25, -0.2) is 18.3 Å². The van der Waals surface area contributed by atoms with Gasteiger partial charge in [-0.05, 0) is 25.8 Å². The zero-order valence-electron chi connectivity index (χ0n) is 16.7. The molecule has 0 bridgehead atoms. The van der Waals surface area contributed by atoms with Gasteiger partial charge in [0.2, 0.25) is 0 Å². The number of carbonyl (C=O) groups is 1. The summed E-state index contributed by atoms with van der Waals surface area (Å²) in [6.07, 6.45) is 0.108. The molecule has 0 radical (unpaired) electrons. The van der Waals surface area contributed by atoms with E-state index in [0.717, 1.165) is 17.4 Å². The van der Waals surface area contributed by atoms with Gasteiger partial charge in [-0.15, -0.1) is 0 Å². The minimum atomic E-state index is -2.77. The first kappa shape index (κ1) is 19.3. The van der Waals surface area contributed by atoms with Crippen LogP contribution in [0.3, 0.4) is 0 Å². The number of aromatic nitrogens is 4. The summed E-state index contributed by atoms with van der Waals surface area (Å²) in [5, 5.41) is 8.12. The minimum absolute atomic E-state index is 0.114. The van der Waals surface area contributed by atoms with Crippen LogP contribution in [0, 0.1) is 6.92 Å². The average molecular weight is 423 g/mol. The van der Waals surface area contributed by atoms with Crippen LogP contribution >= 0.6 is 0 Å². The van der Waals surface area contributed by atoms with Crippen molar-refractivity contribution in [1.82, 2.24) is 24.7 Å². The Balaban J connectivity index is 1.60. The molecule has 1 fully saturated rings.